The van der Waals surface area contributed by atoms with Crippen molar-refractivity contribution in [1.29, 1.82) is 0 Å². The molecule has 3 rings (SSSR count). The molecule has 0 fully saturated rings. The number of carbonyl (C=O) groups excluding carboxylic acids is 1. The zero-order valence-electron chi connectivity index (χ0n) is 14.8. The number of amides is 1. The van der Waals surface area contributed by atoms with Gasteiger partial charge in [0.05, 0.1) is 12.2 Å². The molecule has 0 aliphatic rings. The van der Waals surface area contributed by atoms with E-state index in [0.29, 0.717) is 11.4 Å². The van der Waals surface area contributed by atoms with Gasteiger partial charge in [-0.3, -0.25) is 4.79 Å². The molecule has 0 saturated carbocycles. The highest BCUT2D eigenvalue weighted by molar-refractivity contribution is 9.10. The Balaban J connectivity index is 1.73. The average Bonchev–Trinajstić information content (AvgIpc) is 3.07. The van der Waals surface area contributed by atoms with E-state index in [1.807, 2.05) is 68.4 Å². The monoisotopic (exact) mass is 414 g/mol. The van der Waals surface area contributed by atoms with Gasteiger partial charge >= 0.3 is 0 Å². The topological polar surface area (TPSA) is 75.9 Å². The normalized spacial score (nSPS) is 10.6. The molecule has 0 radical (unpaired) electrons. The van der Waals surface area contributed by atoms with Crippen molar-refractivity contribution in [1.82, 2.24) is 25.5 Å². The van der Waals surface area contributed by atoms with Gasteiger partial charge in [-0.05, 0) is 59.3 Å². The van der Waals surface area contributed by atoms with Gasteiger partial charge in [0, 0.05) is 29.8 Å². The predicted octanol–water partition coefficient (Wildman–Crippen LogP) is 2.73. The summed E-state index contributed by atoms with van der Waals surface area (Å²) in [4.78, 5) is 14.5. The van der Waals surface area contributed by atoms with E-state index in [0.717, 1.165) is 21.4 Å². The van der Waals surface area contributed by atoms with Gasteiger partial charge in [0.25, 0.3) is 5.91 Å². The summed E-state index contributed by atoms with van der Waals surface area (Å²) in [6, 6.07) is 13.3. The number of hydrogen-bond acceptors (Lipinski definition) is 5. The lowest BCUT2D eigenvalue weighted by atomic mass is 10.1. The molecule has 0 bridgehead atoms. The van der Waals surface area contributed by atoms with Crippen LogP contribution in [0.1, 0.15) is 21.7 Å². The summed E-state index contributed by atoms with van der Waals surface area (Å²) in [5.74, 6) is 0.389. The lowest BCUT2D eigenvalue weighted by Gasteiger charge is -2.16. The minimum Gasteiger partial charge on any atom is -0.377 e. The first-order valence-corrected chi connectivity index (χ1v) is 8.84. The van der Waals surface area contributed by atoms with Crippen LogP contribution in [-0.4, -0.2) is 40.2 Å². The number of halogens is 1. The van der Waals surface area contributed by atoms with Crippen LogP contribution in [0, 0.1) is 6.92 Å². The van der Waals surface area contributed by atoms with Crippen LogP contribution in [0.25, 0.3) is 5.69 Å². The number of aryl methyl sites for hydroxylation is 1. The third kappa shape index (κ3) is 3.91. The molecule has 0 spiro atoms. The standard InChI is InChI=1S/C18H19BrN6O/c1-12-9-13(7-8-16(12)24(2)3)18(26)20-11-17-21-22-23-25(17)15-6-4-5-14(19)10-15/h4-10H,11H2,1-3H3,(H,20,26). The van der Waals surface area contributed by atoms with Crippen LogP contribution in [0.3, 0.4) is 0 Å². The molecule has 7 nitrogen and oxygen atoms in total. The van der Waals surface area contributed by atoms with E-state index in [9.17, 15) is 4.79 Å². The van der Waals surface area contributed by atoms with Gasteiger partial charge in [-0.15, -0.1) is 5.10 Å². The number of carbonyl (C=O) groups is 1. The highest BCUT2D eigenvalue weighted by Gasteiger charge is 2.12. The van der Waals surface area contributed by atoms with Gasteiger partial charge in [0.2, 0.25) is 0 Å². The Bertz CT molecular complexity index is 937. The fourth-order valence-corrected chi connectivity index (χ4v) is 3.07. The van der Waals surface area contributed by atoms with Gasteiger partial charge < -0.3 is 10.2 Å². The second kappa shape index (κ2) is 7.65. The van der Waals surface area contributed by atoms with Crippen molar-refractivity contribution in [2.45, 2.75) is 13.5 Å². The summed E-state index contributed by atoms with van der Waals surface area (Å²) in [5.41, 5.74) is 3.55. The van der Waals surface area contributed by atoms with E-state index in [1.165, 1.54) is 0 Å². The Kier molecular flexibility index (Phi) is 5.32. The first-order chi connectivity index (χ1) is 12.5. The SMILES string of the molecule is Cc1cc(C(=O)NCc2nnnn2-c2cccc(Br)c2)ccc1N(C)C. The molecule has 0 aliphatic carbocycles. The number of aromatic nitrogens is 4. The van der Waals surface area contributed by atoms with E-state index in [4.69, 9.17) is 0 Å². The van der Waals surface area contributed by atoms with E-state index < -0.39 is 0 Å². The van der Waals surface area contributed by atoms with Crippen molar-refractivity contribution in [3.63, 3.8) is 0 Å². The van der Waals surface area contributed by atoms with Gasteiger partial charge in [-0.25, -0.2) is 0 Å². The third-order valence-electron chi connectivity index (χ3n) is 3.93. The van der Waals surface area contributed by atoms with Crippen molar-refractivity contribution < 1.29 is 4.79 Å². The Morgan fingerprint density at radius 3 is 2.73 bits per heavy atom. The quantitative estimate of drug-likeness (QED) is 0.694. The van der Waals surface area contributed by atoms with Crippen LogP contribution in [0.5, 0.6) is 0 Å². The zero-order valence-corrected chi connectivity index (χ0v) is 16.4. The maximum atomic E-state index is 12.5. The smallest absolute Gasteiger partial charge is 0.251 e. The van der Waals surface area contributed by atoms with Crippen LogP contribution < -0.4 is 10.2 Å². The summed E-state index contributed by atoms with van der Waals surface area (Å²) in [6.45, 7) is 2.22. The second-order valence-electron chi connectivity index (χ2n) is 6.07. The Hall–Kier alpha value is -2.74. The summed E-state index contributed by atoms with van der Waals surface area (Å²) in [5, 5.41) is 14.6. The number of tetrazole rings is 1. The average molecular weight is 415 g/mol. The van der Waals surface area contributed by atoms with Crippen LogP contribution >= 0.6 is 15.9 Å². The van der Waals surface area contributed by atoms with Crippen molar-refractivity contribution in [2.75, 3.05) is 19.0 Å². The molecule has 0 unspecified atom stereocenters. The Morgan fingerprint density at radius 1 is 1.23 bits per heavy atom. The molecule has 3 aromatic rings. The maximum absolute atomic E-state index is 12.5. The van der Waals surface area contributed by atoms with E-state index >= 15 is 0 Å². The molecule has 0 aliphatic heterocycles. The van der Waals surface area contributed by atoms with E-state index in [1.54, 1.807) is 4.68 Å². The number of rotatable bonds is 5. The number of nitrogens with zero attached hydrogens (tertiary/aromatic N) is 5. The van der Waals surface area contributed by atoms with Crippen molar-refractivity contribution in [2.24, 2.45) is 0 Å². The summed E-state index contributed by atoms with van der Waals surface area (Å²) < 4.78 is 2.53. The minimum atomic E-state index is -0.165. The first kappa shape index (κ1) is 18.1. The largest absolute Gasteiger partial charge is 0.377 e. The molecular weight excluding hydrogens is 396 g/mol. The molecular formula is C18H19BrN6O. The summed E-state index contributed by atoms with van der Waals surface area (Å²) >= 11 is 3.43. The molecule has 134 valence electrons. The molecule has 8 heteroatoms. The summed E-state index contributed by atoms with van der Waals surface area (Å²) in [6.07, 6.45) is 0. The molecule has 1 aromatic heterocycles. The highest BCUT2D eigenvalue weighted by atomic mass is 79.9. The van der Waals surface area contributed by atoms with E-state index in [2.05, 4.69) is 36.8 Å². The second-order valence-corrected chi connectivity index (χ2v) is 6.98. The van der Waals surface area contributed by atoms with Gasteiger partial charge in [0.1, 0.15) is 0 Å². The molecule has 0 atom stereocenters. The van der Waals surface area contributed by atoms with Gasteiger partial charge in [0.15, 0.2) is 5.82 Å². The molecule has 0 saturated heterocycles. The minimum absolute atomic E-state index is 0.165. The van der Waals surface area contributed by atoms with Crippen molar-refractivity contribution in [3.8, 4) is 5.69 Å². The molecule has 2 aromatic carbocycles. The van der Waals surface area contributed by atoms with Crippen molar-refractivity contribution in [3.05, 3.63) is 63.9 Å². The highest BCUT2D eigenvalue weighted by Crippen LogP contribution is 2.19. The molecule has 1 heterocycles. The number of anilines is 1. The third-order valence-corrected chi connectivity index (χ3v) is 4.43. The fourth-order valence-electron chi connectivity index (χ4n) is 2.68. The van der Waals surface area contributed by atoms with E-state index in [-0.39, 0.29) is 12.5 Å². The predicted molar refractivity (Wildman–Crippen MR) is 104 cm³/mol. The lowest BCUT2D eigenvalue weighted by Crippen LogP contribution is -2.25. The Morgan fingerprint density at radius 2 is 2.04 bits per heavy atom. The molecule has 1 N–H and O–H groups in total. The Labute approximate surface area is 160 Å². The lowest BCUT2D eigenvalue weighted by molar-refractivity contribution is 0.0949. The van der Waals surface area contributed by atoms with Gasteiger partial charge in [-0.2, -0.15) is 4.68 Å². The van der Waals surface area contributed by atoms with Crippen LogP contribution in [0.4, 0.5) is 5.69 Å². The van der Waals surface area contributed by atoms with Gasteiger partial charge in [-0.1, -0.05) is 22.0 Å². The number of benzene rings is 2. The summed E-state index contributed by atoms with van der Waals surface area (Å²) in [7, 11) is 3.95. The van der Waals surface area contributed by atoms with Crippen LogP contribution in [-0.2, 0) is 6.54 Å². The maximum Gasteiger partial charge on any atom is 0.251 e. The fraction of sp³-hybridized carbons (Fsp3) is 0.222. The van der Waals surface area contributed by atoms with Crippen LogP contribution in [0.15, 0.2) is 46.9 Å². The number of hydrogen-bond donors (Lipinski definition) is 1. The first-order valence-electron chi connectivity index (χ1n) is 8.05. The zero-order chi connectivity index (χ0) is 18.7. The van der Waals surface area contributed by atoms with Crippen LogP contribution in [0.2, 0.25) is 0 Å². The van der Waals surface area contributed by atoms with Crippen molar-refractivity contribution >= 4 is 27.5 Å². The molecule has 1 amide bonds. The number of nitrogens with one attached hydrogen (secondary N) is 1. The molecule has 26 heavy (non-hydrogen) atoms.